The van der Waals surface area contributed by atoms with Crippen LogP contribution in [-0.2, 0) is 20.9 Å². The molecule has 0 saturated heterocycles. The van der Waals surface area contributed by atoms with Crippen molar-refractivity contribution in [2.24, 2.45) is 5.92 Å². The first-order valence-corrected chi connectivity index (χ1v) is 8.63. The van der Waals surface area contributed by atoms with Gasteiger partial charge in [-0.25, -0.2) is 4.79 Å². The molecule has 25 heavy (non-hydrogen) atoms. The molecule has 1 aromatic carbocycles. The van der Waals surface area contributed by atoms with Crippen molar-refractivity contribution >= 4 is 17.8 Å². The Morgan fingerprint density at radius 2 is 1.68 bits per heavy atom. The van der Waals surface area contributed by atoms with Crippen LogP contribution in [0.25, 0.3) is 0 Å². The molecule has 2 amide bonds. The van der Waals surface area contributed by atoms with E-state index in [1.54, 1.807) is 13.8 Å². The summed E-state index contributed by atoms with van der Waals surface area (Å²) in [7, 11) is 0. The van der Waals surface area contributed by atoms with E-state index in [1.165, 1.54) is 0 Å². The fourth-order valence-corrected chi connectivity index (χ4v) is 2.31. The van der Waals surface area contributed by atoms with E-state index in [0.717, 1.165) is 5.56 Å². The van der Waals surface area contributed by atoms with Gasteiger partial charge in [0.2, 0.25) is 5.91 Å². The number of Topliss-reactive ketones (excluding diaryl/α,β-unsaturated/α-hetero) is 1. The standard InChI is InChI=1S/C19H28N2O4/c1-5-17(22)14(4)20-18(23)16(11-13(2)3)21-19(24)25-12-15-9-7-6-8-10-15/h6-10,13-14,16H,5,11-12H2,1-4H3,(H,20,23)(H,21,24)/t14-,16-/m0/s1. The number of benzene rings is 1. The Morgan fingerprint density at radius 3 is 2.24 bits per heavy atom. The van der Waals surface area contributed by atoms with Crippen LogP contribution in [0.1, 0.15) is 46.1 Å². The van der Waals surface area contributed by atoms with E-state index in [1.807, 2.05) is 44.2 Å². The van der Waals surface area contributed by atoms with Gasteiger partial charge in [-0.1, -0.05) is 51.1 Å². The lowest BCUT2D eigenvalue weighted by Gasteiger charge is -2.22. The summed E-state index contributed by atoms with van der Waals surface area (Å²) in [5.41, 5.74) is 0.865. The number of alkyl carbamates (subject to hydrolysis) is 1. The first-order chi connectivity index (χ1) is 11.8. The molecule has 0 heterocycles. The first kappa shape index (κ1) is 20.7. The Kier molecular flexibility index (Phi) is 8.67. The van der Waals surface area contributed by atoms with Crippen LogP contribution >= 0.6 is 0 Å². The van der Waals surface area contributed by atoms with Crippen LogP contribution in [0.2, 0.25) is 0 Å². The Hall–Kier alpha value is -2.37. The molecule has 1 rings (SSSR count). The molecule has 2 N–H and O–H groups in total. The minimum Gasteiger partial charge on any atom is -0.445 e. The van der Waals surface area contributed by atoms with Crippen LogP contribution in [0.4, 0.5) is 4.79 Å². The molecule has 0 aromatic heterocycles. The van der Waals surface area contributed by atoms with E-state index in [9.17, 15) is 14.4 Å². The molecule has 0 unspecified atom stereocenters. The molecular formula is C19H28N2O4. The van der Waals surface area contributed by atoms with Crippen LogP contribution < -0.4 is 10.6 Å². The SMILES string of the molecule is CCC(=O)[C@H](C)NC(=O)[C@H](CC(C)C)NC(=O)OCc1ccccc1. The number of ether oxygens (including phenoxy) is 1. The Morgan fingerprint density at radius 1 is 1.04 bits per heavy atom. The molecule has 0 saturated carbocycles. The molecule has 0 radical (unpaired) electrons. The molecule has 0 aliphatic heterocycles. The van der Waals surface area contributed by atoms with E-state index in [4.69, 9.17) is 4.74 Å². The summed E-state index contributed by atoms with van der Waals surface area (Å²) in [6.45, 7) is 7.43. The third-order valence-electron chi connectivity index (χ3n) is 3.72. The van der Waals surface area contributed by atoms with E-state index in [-0.39, 0.29) is 24.2 Å². The van der Waals surface area contributed by atoms with Crippen molar-refractivity contribution in [3.63, 3.8) is 0 Å². The second-order valence-corrected chi connectivity index (χ2v) is 6.44. The number of carbonyl (C=O) groups is 3. The third-order valence-corrected chi connectivity index (χ3v) is 3.72. The van der Waals surface area contributed by atoms with E-state index in [2.05, 4.69) is 10.6 Å². The highest BCUT2D eigenvalue weighted by atomic mass is 16.5. The second-order valence-electron chi connectivity index (χ2n) is 6.44. The van der Waals surface area contributed by atoms with Crippen molar-refractivity contribution in [2.45, 2.75) is 59.2 Å². The highest BCUT2D eigenvalue weighted by molar-refractivity contribution is 5.91. The zero-order valence-electron chi connectivity index (χ0n) is 15.4. The lowest BCUT2D eigenvalue weighted by atomic mass is 10.0. The molecule has 138 valence electrons. The lowest BCUT2D eigenvalue weighted by molar-refractivity contribution is -0.128. The number of carbonyl (C=O) groups excluding carboxylic acids is 3. The number of nitrogens with one attached hydrogen (secondary N) is 2. The van der Waals surface area contributed by atoms with Gasteiger partial charge in [0, 0.05) is 6.42 Å². The van der Waals surface area contributed by atoms with Crippen LogP contribution in [0, 0.1) is 5.92 Å². The van der Waals surface area contributed by atoms with Gasteiger partial charge in [-0.3, -0.25) is 9.59 Å². The molecule has 0 aliphatic carbocycles. The summed E-state index contributed by atoms with van der Waals surface area (Å²) in [6, 6.07) is 7.98. The molecule has 2 atom stereocenters. The van der Waals surface area contributed by atoms with Gasteiger partial charge in [0.05, 0.1) is 6.04 Å². The highest BCUT2D eigenvalue weighted by Gasteiger charge is 2.25. The summed E-state index contributed by atoms with van der Waals surface area (Å²) in [5, 5.41) is 5.25. The van der Waals surface area contributed by atoms with Gasteiger partial charge in [-0.05, 0) is 24.8 Å². The fraction of sp³-hybridized carbons (Fsp3) is 0.526. The third kappa shape index (κ3) is 7.83. The lowest BCUT2D eigenvalue weighted by Crippen LogP contribution is -2.51. The number of rotatable bonds is 9. The van der Waals surface area contributed by atoms with Crippen LogP contribution in [0.3, 0.4) is 0 Å². The molecular weight excluding hydrogens is 320 g/mol. The number of hydrogen-bond acceptors (Lipinski definition) is 4. The molecule has 0 bridgehead atoms. The minimum atomic E-state index is -0.740. The summed E-state index contributed by atoms with van der Waals surface area (Å²) >= 11 is 0. The summed E-state index contributed by atoms with van der Waals surface area (Å²) in [6.07, 6.45) is 0.154. The zero-order chi connectivity index (χ0) is 18.8. The molecule has 1 aromatic rings. The number of hydrogen-bond donors (Lipinski definition) is 2. The normalized spacial score (nSPS) is 13.0. The Bertz CT molecular complexity index is 572. The topological polar surface area (TPSA) is 84.5 Å². The molecule has 6 nitrogen and oxygen atoms in total. The Labute approximate surface area is 149 Å². The molecule has 0 aliphatic rings. The van der Waals surface area contributed by atoms with Crippen LogP contribution in [0.5, 0.6) is 0 Å². The maximum Gasteiger partial charge on any atom is 0.408 e. The quantitative estimate of drug-likeness (QED) is 0.719. The fourth-order valence-electron chi connectivity index (χ4n) is 2.31. The van der Waals surface area contributed by atoms with Crippen molar-refractivity contribution in [3.8, 4) is 0 Å². The summed E-state index contributed by atoms with van der Waals surface area (Å²) in [4.78, 5) is 36.0. The van der Waals surface area contributed by atoms with Gasteiger partial charge >= 0.3 is 6.09 Å². The predicted octanol–water partition coefficient (Wildman–Crippen LogP) is 2.81. The average Bonchev–Trinajstić information content (AvgIpc) is 2.59. The van der Waals surface area contributed by atoms with Crippen molar-refractivity contribution in [3.05, 3.63) is 35.9 Å². The van der Waals surface area contributed by atoms with Crippen LogP contribution in [-0.4, -0.2) is 29.9 Å². The van der Waals surface area contributed by atoms with Gasteiger partial charge in [-0.2, -0.15) is 0 Å². The summed E-state index contributed by atoms with van der Waals surface area (Å²) in [5.74, 6) is -0.231. The van der Waals surface area contributed by atoms with Crippen LogP contribution in [0.15, 0.2) is 30.3 Å². The number of amides is 2. The van der Waals surface area contributed by atoms with Gasteiger partial charge in [-0.15, -0.1) is 0 Å². The van der Waals surface area contributed by atoms with Gasteiger partial charge < -0.3 is 15.4 Å². The van der Waals surface area contributed by atoms with Gasteiger partial charge in [0.15, 0.2) is 5.78 Å². The maximum absolute atomic E-state index is 12.4. The zero-order valence-corrected chi connectivity index (χ0v) is 15.4. The molecule has 6 heteroatoms. The predicted molar refractivity (Wildman–Crippen MR) is 95.9 cm³/mol. The average molecular weight is 348 g/mol. The monoisotopic (exact) mass is 348 g/mol. The van der Waals surface area contributed by atoms with E-state index < -0.39 is 18.2 Å². The van der Waals surface area contributed by atoms with Gasteiger partial charge in [0.25, 0.3) is 0 Å². The van der Waals surface area contributed by atoms with Crippen molar-refractivity contribution in [1.82, 2.24) is 10.6 Å². The van der Waals surface area contributed by atoms with Gasteiger partial charge in [0.1, 0.15) is 12.6 Å². The van der Waals surface area contributed by atoms with Crippen molar-refractivity contribution in [1.29, 1.82) is 0 Å². The summed E-state index contributed by atoms with van der Waals surface area (Å²) < 4.78 is 5.17. The second kappa shape index (κ2) is 10.5. The Balaban J connectivity index is 2.60. The largest absolute Gasteiger partial charge is 0.445 e. The smallest absolute Gasteiger partial charge is 0.408 e. The van der Waals surface area contributed by atoms with Crippen molar-refractivity contribution in [2.75, 3.05) is 0 Å². The first-order valence-electron chi connectivity index (χ1n) is 8.63. The van der Waals surface area contributed by atoms with E-state index in [0.29, 0.717) is 12.8 Å². The molecule has 0 spiro atoms. The molecule has 0 fully saturated rings. The maximum atomic E-state index is 12.4. The number of ketones is 1. The van der Waals surface area contributed by atoms with Crippen molar-refractivity contribution < 1.29 is 19.1 Å². The van der Waals surface area contributed by atoms with E-state index >= 15 is 0 Å². The minimum absolute atomic E-state index is 0.0525. The highest BCUT2D eigenvalue weighted by Crippen LogP contribution is 2.07.